The molecule has 2 rings (SSSR count). The Morgan fingerprint density at radius 2 is 1.80 bits per heavy atom. The summed E-state index contributed by atoms with van der Waals surface area (Å²) in [5.41, 5.74) is -2.48. The lowest BCUT2D eigenvalue weighted by Gasteiger charge is -2.18. The lowest BCUT2D eigenvalue weighted by atomic mass is 10.0. The van der Waals surface area contributed by atoms with Crippen molar-refractivity contribution in [1.29, 1.82) is 0 Å². The minimum absolute atomic E-state index is 0.0130. The van der Waals surface area contributed by atoms with Crippen LogP contribution in [-0.4, -0.2) is 19.1 Å². The zero-order valence-electron chi connectivity index (χ0n) is 10.8. The number of sulfone groups is 1. The van der Waals surface area contributed by atoms with Crippen LogP contribution in [0.3, 0.4) is 0 Å². The topological polar surface area (TPSA) is 54.4 Å². The highest BCUT2D eigenvalue weighted by atomic mass is 32.2. The Hall–Kier alpha value is -1.34. The standard InChI is InChI=1S/C13H13F3O3S/c1-12(2,17)7-9-6-8-4-3-5-10(13(14,15)16)11(8)20(9,18)19/h3-6,17H,7H2,1-2H3. The van der Waals surface area contributed by atoms with E-state index in [2.05, 4.69) is 0 Å². The Morgan fingerprint density at radius 1 is 1.20 bits per heavy atom. The molecule has 0 amide bonds. The molecule has 1 aliphatic heterocycles. The molecule has 20 heavy (non-hydrogen) atoms. The van der Waals surface area contributed by atoms with E-state index in [1.807, 2.05) is 0 Å². The fourth-order valence-corrected chi connectivity index (χ4v) is 4.14. The van der Waals surface area contributed by atoms with E-state index in [4.69, 9.17) is 0 Å². The summed E-state index contributed by atoms with van der Waals surface area (Å²) in [7, 11) is -4.21. The second-order valence-corrected chi connectivity index (χ2v) is 7.26. The summed E-state index contributed by atoms with van der Waals surface area (Å²) in [5.74, 6) is 0. The van der Waals surface area contributed by atoms with Crippen molar-refractivity contribution in [3.8, 4) is 0 Å². The van der Waals surface area contributed by atoms with E-state index in [1.54, 1.807) is 0 Å². The molecule has 0 unspecified atom stereocenters. The SMILES string of the molecule is CC(C)(O)CC1=Cc2cccc(C(F)(F)F)c2S1(=O)=O. The second kappa shape index (κ2) is 4.33. The molecule has 1 aromatic rings. The average Bonchev–Trinajstić information content (AvgIpc) is 2.47. The number of rotatable bonds is 2. The van der Waals surface area contributed by atoms with Crippen LogP contribution in [0.25, 0.3) is 6.08 Å². The van der Waals surface area contributed by atoms with Crippen LogP contribution in [0.2, 0.25) is 0 Å². The van der Waals surface area contributed by atoms with Crippen LogP contribution in [0.4, 0.5) is 13.2 Å². The van der Waals surface area contributed by atoms with Gasteiger partial charge in [-0.3, -0.25) is 0 Å². The van der Waals surface area contributed by atoms with Crippen LogP contribution in [0.15, 0.2) is 28.0 Å². The maximum atomic E-state index is 12.9. The highest BCUT2D eigenvalue weighted by molar-refractivity contribution is 7.95. The summed E-state index contributed by atoms with van der Waals surface area (Å²) < 4.78 is 63.2. The quantitative estimate of drug-likeness (QED) is 0.914. The fourth-order valence-electron chi connectivity index (χ4n) is 2.15. The van der Waals surface area contributed by atoms with Crippen LogP contribution in [-0.2, 0) is 16.0 Å². The van der Waals surface area contributed by atoms with E-state index in [0.29, 0.717) is 0 Å². The van der Waals surface area contributed by atoms with E-state index in [-0.39, 0.29) is 16.9 Å². The minimum Gasteiger partial charge on any atom is -0.390 e. The third-order valence-electron chi connectivity index (χ3n) is 2.89. The minimum atomic E-state index is -4.74. The number of hydrogen-bond acceptors (Lipinski definition) is 3. The van der Waals surface area contributed by atoms with E-state index in [0.717, 1.165) is 6.07 Å². The lowest BCUT2D eigenvalue weighted by molar-refractivity contribution is -0.139. The largest absolute Gasteiger partial charge is 0.417 e. The lowest BCUT2D eigenvalue weighted by Crippen LogP contribution is -2.21. The van der Waals surface area contributed by atoms with Gasteiger partial charge in [-0.1, -0.05) is 12.1 Å². The van der Waals surface area contributed by atoms with Gasteiger partial charge in [-0.2, -0.15) is 13.2 Å². The Balaban J connectivity index is 2.61. The maximum Gasteiger partial charge on any atom is 0.417 e. The summed E-state index contributed by atoms with van der Waals surface area (Å²) in [4.78, 5) is -0.913. The molecule has 1 aromatic carbocycles. The summed E-state index contributed by atoms with van der Waals surface area (Å²) >= 11 is 0. The summed E-state index contributed by atoms with van der Waals surface area (Å²) in [6.45, 7) is 2.80. The van der Waals surface area contributed by atoms with Gasteiger partial charge < -0.3 is 5.11 Å². The zero-order chi connectivity index (χ0) is 15.3. The Labute approximate surface area is 114 Å². The van der Waals surface area contributed by atoms with Crippen molar-refractivity contribution in [3.05, 3.63) is 34.2 Å². The van der Waals surface area contributed by atoms with Gasteiger partial charge in [0, 0.05) is 6.42 Å². The molecule has 0 spiro atoms. The third kappa shape index (κ3) is 2.60. The van der Waals surface area contributed by atoms with Crippen LogP contribution < -0.4 is 0 Å². The number of fused-ring (bicyclic) bond motifs is 1. The first kappa shape index (κ1) is 15.1. The first-order chi connectivity index (χ1) is 8.93. The van der Waals surface area contributed by atoms with Gasteiger partial charge in [0.2, 0.25) is 9.84 Å². The molecule has 0 aromatic heterocycles. The number of alkyl halides is 3. The predicted octanol–water partition coefficient (Wildman–Crippen LogP) is 2.99. The second-order valence-electron chi connectivity index (χ2n) is 5.32. The van der Waals surface area contributed by atoms with Crippen molar-refractivity contribution < 1.29 is 26.7 Å². The normalized spacial score (nSPS) is 17.8. The van der Waals surface area contributed by atoms with E-state index >= 15 is 0 Å². The number of halogens is 3. The van der Waals surface area contributed by atoms with Crippen LogP contribution in [0.1, 0.15) is 31.4 Å². The van der Waals surface area contributed by atoms with Gasteiger partial charge in [-0.15, -0.1) is 0 Å². The molecular weight excluding hydrogens is 293 g/mol. The molecule has 0 aliphatic carbocycles. The van der Waals surface area contributed by atoms with Gasteiger partial charge in [0.1, 0.15) is 0 Å². The summed E-state index contributed by atoms with van der Waals surface area (Å²) in [6, 6.07) is 3.23. The van der Waals surface area contributed by atoms with Gasteiger partial charge in [0.15, 0.2) is 0 Å². The molecule has 1 N–H and O–H groups in total. The van der Waals surface area contributed by atoms with Gasteiger partial charge in [-0.05, 0) is 31.6 Å². The predicted molar refractivity (Wildman–Crippen MR) is 67.5 cm³/mol. The van der Waals surface area contributed by atoms with E-state index in [1.165, 1.54) is 32.1 Å². The van der Waals surface area contributed by atoms with Crippen LogP contribution >= 0.6 is 0 Å². The fraction of sp³-hybridized carbons (Fsp3) is 0.385. The molecule has 1 heterocycles. The van der Waals surface area contributed by atoms with Crippen molar-refractivity contribution in [3.63, 3.8) is 0 Å². The van der Waals surface area contributed by atoms with Gasteiger partial charge >= 0.3 is 6.18 Å². The first-order valence-electron chi connectivity index (χ1n) is 5.81. The first-order valence-corrected chi connectivity index (χ1v) is 7.29. The molecular formula is C13H13F3O3S. The average molecular weight is 306 g/mol. The third-order valence-corrected chi connectivity index (χ3v) is 4.83. The van der Waals surface area contributed by atoms with Crippen molar-refractivity contribution in [2.45, 2.75) is 36.9 Å². The summed E-state index contributed by atoms with van der Waals surface area (Å²) in [5, 5.41) is 9.69. The highest BCUT2D eigenvalue weighted by Crippen LogP contribution is 2.43. The number of aliphatic hydroxyl groups is 1. The monoisotopic (exact) mass is 306 g/mol. The Bertz CT molecular complexity index is 680. The molecule has 0 saturated carbocycles. The van der Waals surface area contributed by atoms with Crippen LogP contribution in [0.5, 0.6) is 0 Å². The molecule has 1 aliphatic rings. The van der Waals surface area contributed by atoms with E-state index < -0.39 is 32.1 Å². The maximum absolute atomic E-state index is 12.9. The molecule has 0 atom stereocenters. The number of benzene rings is 1. The van der Waals surface area contributed by atoms with Crippen molar-refractivity contribution >= 4 is 15.9 Å². The van der Waals surface area contributed by atoms with Crippen molar-refractivity contribution in [1.82, 2.24) is 0 Å². The summed E-state index contributed by atoms with van der Waals surface area (Å²) in [6.07, 6.45) is -3.78. The Morgan fingerprint density at radius 3 is 2.30 bits per heavy atom. The van der Waals surface area contributed by atoms with Crippen LogP contribution in [0, 0.1) is 0 Å². The van der Waals surface area contributed by atoms with Crippen molar-refractivity contribution in [2.75, 3.05) is 0 Å². The molecule has 7 heteroatoms. The molecule has 110 valence electrons. The molecule has 3 nitrogen and oxygen atoms in total. The van der Waals surface area contributed by atoms with Gasteiger partial charge in [0.05, 0.1) is 21.0 Å². The zero-order valence-corrected chi connectivity index (χ0v) is 11.6. The van der Waals surface area contributed by atoms with E-state index in [9.17, 15) is 26.7 Å². The Kier molecular flexibility index (Phi) is 3.26. The highest BCUT2D eigenvalue weighted by Gasteiger charge is 2.42. The molecule has 0 fully saturated rings. The molecule has 0 saturated heterocycles. The van der Waals surface area contributed by atoms with Crippen molar-refractivity contribution in [2.24, 2.45) is 0 Å². The van der Waals surface area contributed by atoms with Gasteiger partial charge in [0.25, 0.3) is 0 Å². The molecule has 0 bridgehead atoms. The van der Waals surface area contributed by atoms with Gasteiger partial charge in [-0.25, -0.2) is 8.42 Å². The smallest absolute Gasteiger partial charge is 0.390 e. The number of hydrogen-bond donors (Lipinski definition) is 1. The molecule has 0 radical (unpaired) electrons.